The third-order valence-corrected chi connectivity index (χ3v) is 7.86. The first-order chi connectivity index (χ1) is 16.2. The van der Waals surface area contributed by atoms with Gasteiger partial charge in [0.15, 0.2) is 0 Å². The summed E-state index contributed by atoms with van der Waals surface area (Å²) in [6.45, 7) is 5.08. The lowest BCUT2D eigenvalue weighted by molar-refractivity contribution is -0.122. The van der Waals surface area contributed by atoms with Gasteiger partial charge in [-0.2, -0.15) is 0 Å². The maximum Gasteiger partial charge on any atom is 0.220 e. The molecule has 2 atom stereocenters. The van der Waals surface area contributed by atoms with Crippen LogP contribution in [0.3, 0.4) is 0 Å². The van der Waals surface area contributed by atoms with Gasteiger partial charge < -0.3 is 15.0 Å². The number of carbonyl (C=O) groups excluding carboxylic acids is 1. The summed E-state index contributed by atoms with van der Waals surface area (Å²) in [4.78, 5) is 17.8. The molecule has 33 heavy (non-hydrogen) atoms. The van der Waals surface area contributed by atoms with E-state index in [4.69, 9.17) is 4.74 Å². The number of likely N-dealkylation sites (tertiary alicyclic amines) is 1. The van der Waals surface area contributed by atoms with Gasteiger partial charge in [0.05, 0.1) is 12.6 Å². The van der Waals surface area contributed by atoms with Crippen molar-refractivity contribution in [1.29, 1.82) is 0 Å². The minimum Gasteiger partial charge on any atom is -0.497 e. The Bertz CT molecular complexity index is 971. The molecule has 1 N–H and O–H groups in total. The van der Waals surface area contributed by atoms with Gasteiger partial charge in [-0.25, -0.2) is 0 Å². The SMILES string of the molecule is COc1cccc([C@@H]2CN(Cc3ccccc3N3CCCCC3)C[C@]23CCCCC(=O)N3)c1. The number of hydrogen-bond donors (Lipinski definition) is 1. The lowest BCUT2D eigenvalue weighted by Gasteiger charge is -2.35. The first-order valence-electron chi connectivity index (χ1n) is 12.7. The Morgan fingerprint density at radius 3 is 2.73 bits per heavy atom. The Hall–Kier alpha value is -2.53. The van der Waals surface area contributed by atoms with Crippen LogP contribution in [0.25, 0.3) is 0 Å². The normalized spacial score (nSPS) is 26.3. The number of para-hydroxylation sites is 1. The van der Waals surface area contributed by atoms with Crippen molar-refractivity contribution < 1.29 is 9.53 Å². The standard InChI is InChI=1S/C28H37N3O2/c1-33-24-12-9-11-22(18-24)25-20-30(21-28(25)15-6-5-14-27(32)29-28)19-23-10-3-4-13-26(23)31-16-7-2-8-17-31/h3-4,9-13,18,25H,2,5-8,14-17,19-21H2,1H3,(H,29,32)/t25-,28+/m0/s1. The van der Waals surface area contributed by atoms with Crippen molar-refractivity contribution in [2.75, 3.05) is 38.2 Å². The minimum atomic E-state index is -0.208. The van der Waals surface area contributed by atoms with Gasteiger partial charge >= 0.3 is 0 Å². The topological polar surface area (TPSA) is 44.8 Å². The first kappa shape index (κ1) is 22.3. The number of amides is 1. The van der Waals surface area contributed by atoms with Gasteiger partial charge in [0.25, 0.3) is 0 Å². The van der Waals surface area contributed by atoms with Crippen LogP contribution >= 0.6 is 0 Å². The van der Waals surface area contributed by atoms with Gasteiger partial charge in [0.1, 0.15) is 5.75 Å². The van der Waals surface area contributed by atoms with E-state index in [1.807, 2.05) is 6.07 Å². The van der Waals surface area contributed by atoms with E-state index in [1.165, 1.54) is 36.1 Å². The highest BCUT2D eigenvalue weighted by molar-refractivity contribution is 5.77. The Kier molecular flexibility index (Phi) is 6.59. The molecule has 176 valence electrons. The van der Waals surface area contributed by atoms with Gasteiger partial charge in [0, 0.05) is 50.7 Å². The van der Waals surface area contributed by atoms with E-state index >= 15 is 0 Å². The lowest BCUT2D eigenvalue weighted by atomic mass is 9.79. The maximum absolute atomic E-state index is 12.7. The fraction of sp³-hybridized carbons (Fsp3) is 0.536. The number of ether oxygens (including phenoxy) is 1. The predicted octanol–water partition coefficient (Wildman–Crippen LogP) is 4.71. The number of carbonyl (C=O) groups is 1. The summed E-state index contributed by atoms with van der Waals surface area (Å²) < 4.78 is 5.53. The lowest BCUT2D eigenvalue weighted by Crippen LogP contribution is -2.52. The maximum atomic E-state index is 12.7. The molecular formula is C28H37N3O2. The molecule has 0 aromatic heterocycles. The largest absolute Gasteiger partial charge is 0.497 e. The molecule has 5 nitrogen and oxygen atoms in total. The first-order valence-corrected chi connectivity index (χ1v) is 12.7. The number of anilines is 1. The molecule has 3 saturated heterocycles. The summed E-state index contributed by atoms with van der Waals surface area (Å²) in [5.41, 5.74) is 3.85. The second-order valence-corrected chi connectivity index (χ2v) is 10.1. The molecule has 1 spiro atoms. The van der Waals surface area contributed by atoms with Crippen LogP contribution in [0.4, 0.5) is 5.69 Å². The fourth-order valence-corrected chi connectivity index (χ4v) is 6.25. The third kappa shape index (κ3) is 4.74. The zero-order valence-corrected chi connectivity index (χ0v) is 19.9. The number of benzene rings is 2. The zero-order chi connectivity index (χ0) is 22.7. The Labute approximate surface area is 198 Å². The number of methoxy groups -OCH3 is 1. The quantitative estimate of drug-likeness (QED) is 0.721. The van der Waals surface area contributed by atoms with Crippen molar-refractivity contribution in [3.8, 4) is 5.75 Å². The van der Waals surface area contributed by atoms with E-state index in [1.54, 1.807) is 7.11 Å². The molecule has 0 saturated carbocycles. The van der Waals surface area contributed by atoms with Crippen molar-refractivity contribution in [2.45, 2.75) is 62.9 Å². The second kappa shape index (κ2) is 9.76. The van der Waals surface area contributed by atoms with Gasteiger partial charge in [-0.15, -0.1) is 0 Å². The second-order valence-electron chi connectivity index (χ2n) is 10.1. The average Bonchev–Trinajstić information content (AvgIpc) is 3.08. The van der Waals surface area contributed by atoms with Crippen molar-refractivity contribution >= 4 is 11.6 Å². The van der Waals surface area contributed by atoms with E-state index in [2.05, 4.69) is 57.6 Å². The molecule has 2 aromatic carbocycles. The van der Waals surface area contributed by atoms with Crippen LogP contribution in [-0.2, 0) is 11.3 Å². The number of nitrogens with zero attached hydrogens (tertiary/aromatic N) is 2. The molecular weight excluding hydrogens is 410 g/mol. The van der Waals surface area contributed by atoms with Gasteiger partial charge in [-0.05, 0) is 61.4 Å². The van der Waals surface area contributed by atoms with E-state index < -0.39 is 0 Å². The Morgan fingerprint density at radius 2 is 1.88 bits per heavy atom. The highest BCUT2D eigenvalue weighted by atomic mass is 16.5. The van der Waals surface area contributed by atoms with Crippen LogP contribution in [0.15, 0.2) is 48.5 Å². The van der Waals surface area contributed by atoms with Crippen molar-refractivity contribution in [2.24, 2.45) is 0 Å². The van der Waals surface area contributed by atoms with Crippen molar-refractivity contribution in [3.63, 3.8) is 0 Å². The zero-order valence-electron chi connectivity index (χ0n) is 19.9. The van der Waals surface area contributed by atoms with Crippen LogP contribution < -0.4 is 15.0 Å². The van der Waals surface area contributed by atoms with Gasteiger partial charge in [-0.1, -0.05) is 36.8 Å². The van der Waals surface area contributed by atoms with Crippen LogP contribution in [0.2, 0.25) is 0 Å². The molecule has 0 aliphatic carbocycles. The fourth-order valence-electron chi connectivity index (χ4n) is 6.25. The van der Waals surface area contributed by atoms with Crippen LogP contribution in [-0.4, -0.2) is 49.6 Å². The van der Waals surface area contributed by atoms with Gasteiger partial charge in [-0.3, -0.25) is 9.69 Å². The van der Waals surface area contributed by atoms with E-state index in [0.717, 1.165) is 57.7 Å². The predicted molar refractivity (Wildman–Crippen MR) is 133 cm³/mol. The van der Waals surface area contributed by atoms with Crippen LogP contribution in [0.1, 0.15) is 62.0 Å². The molecule has 2 aromatic rings. The molecule has 5 heteroatoms. The molecule has 3 aliphatic rings. The number of nitrogens with one attached hydrogen (secondary N) is 1. The average molecular weight is 448 g/mol. The molecule has 5 rings (SSSR count). The Morgan fingerprint density at radius 1 is 1.03 bits per heavy atom. The summed E-state index contributed by atoms with van der Waals surface area (Å²) in [6, 6.07) is 17.4. The number of rotatable bonds is 5. The summed E-state index contributed by atoms with van der Waals surface area (Å²) in [7, 11) is 1.72. The van der Waals surface area contributed by atoms with Gasteiger partial charge in [0.2, 0.25) is 5.91 Å². The van der Waals surface area contributed by atoms with Crippen LogP contribution in [0, 0.1) is 0 Å². The number of hydrogen-bond acceptors (Lipinski definition) is 4. The third-order valence-electron chi connectivity index (χ3n) is 7.86. The van der Waals surface area contributed by atoms with E-state index in [0.29, 0.717) is 6.42 Å². The smallest absolute Gasteiger partial charge is 0.220 e. The minimum absolute atomic E-state index is 0.205. The monoisotopic (exact) mass is 447 g/mol. The van der Waals surface area contributed by atoms with E-state index in [-0.39, 0.29) is 17.4 Å². The summed E-state index contributed by atoms with van der Waals surface area (Å²) in [5, 5.41) is 3.50. The molecule has 3 fully saturated rings. The number of piperidine rings is 1. The summed E-state index contributed by atoms with van der Waals surface area (Å²) in [6.07, 6.45) is 7.66. The Balaban J connectivity index is 1.44. The highest BCUT2D eigenvalue weighted by Gasteiger charge is 2.48. The molecule has 3 heterocycles. The van der Waals surface area contributed by atoms with E-state index in [9.17, 15) is 4.79 Å². The molecule has 0 radical (unpaired) electrons. The highest BCUT2D eigenvalue weighted by Crippen LogP contribution is 2.42. The summed E-state index contributed by atoms with van der Waals surface area (Å²) in [5.74, 6) is 1.35. The molecule has 0 unspecified atom stereocenters. The van der Waals surface area contributed by atoms with Crippen molar-refractivity contribution in [1.82, 2.24) is 10.2 Å². The van der Waals surface area contributed by atoms with Crippen molar-refractivity contribution in [3.05, 3.63) is 59.7 Å². The summed E-state index contributed by atoms with van der Waals surface area (Å²) >= 11 is 0. The molecule has 1 amide bonds. The van der Waals surface area contributed by atoms with Crippen LogP contribution in [0.5, 0.6) is 5.75 Å². The molecule has 3 aliphatic heterocycles. The molecule has 0 bridgehead atoms.